The third-order valence-electron chi connectivity index (χ3n) is 5.81. The van der Waals surface area contributed by atoms with Gasteiger partial charge >= 0.3 is 0 Å². The van der Waals surface area contributed by atoms with Crippen molar-refractivity contribution >= 4 is 21.6 Å². The van der Waals surface area contributed by atoms with Gasteiger partial charge in [0.2, 0.25) is 5.91 Å². The molecule has 0 radical (unpaired) electrons. The van der Waals surface area contributed by atoms with Crippen molar-refractivity contribution in [3.05, 3.63) is 89.5 Å². The first-order valence-corrected chi connectivity index (χ1v) is 13.3. The summed E-state index contributed by atoms with van der Waals surface area (Å²) in [5.41, 5.74) is 3.39. The first kappa shape index (κ1) is 26.3. The predicted molar refractivity (Wildman–Crippen MR) is 140 cm³/mol. The summed E-state index contributed by atoms with van der Waals surface area (Å²) >= 11 is 0. The standard InChI is InChI=1S/C28H34N2O4S/c1-6-34-26-15-11-24(12-16-26)22(5)29-28(31)19-30(25-13-9-23(10-14-25)20(2)3)35(32,33)27-17-7-21(4)8-18-27/h7-18,20,22H,6,19H2,1-5H3,(H,29,31). The molecule has 1 atom stereocenters. The summed E-state index contributed by atoms with van der Waals surface area (Å²) < 4.78 is 33.8. The molecule has 0 aliphatic carbocycles. The number of benzene rings is 3. The lowest BCUT2D eigenvalue weighted by molar-refractivity contribution is -0.120. The fraction of sp³-hybridized carbons (Fsp3) is 0.321. The van der Waals surface area contributed by atoms with Gasteiger partial charge in [-0.3, -0.25) is 9.10 Å². The molecule has 0 saturated heterocycles. The van der Waals surface area contributed by atoms with Gasteiger partial charge in [0.15, 0.2) is 0 Å². The number of anilines is 1. The highest BCUT2D eigenvalue weighted by Crippen LogP contribution is 2.26. The first-order chi connectivity index (χ1) is 16.6. The van der Waals surface area contributed by atoms with Crippen molar-refractivity contribution in [3.63, 3.8) is 0 Å². The van der Waals surface area contributed by atoms with E-state index in [9.17, 15) is 13.2 Å². The van der Waals surface area contributed by atoms with E-state index in [1.165, 1.54) is 4.31 Å². The summed E-state index contributed by atoms with van der Waals surface area (Å²) in [6, 6.07) is 21.1. The van der Waals surface area contributed by atoms with Crippen LogP contribution in [0.25, 0.3) is 0 Å². The molecule has 0 aromatic heterocycles. The normalized spacial score (nSPS) is 12.3. The molecule has 0 fully saturated rings. The van der Waals surface area contributed by atoms with Crippen LogP contribution in [0.1, 0.15) is 56.3 Å². The van der Waals surface area contributed by atoms with Crippen LogP contribution in [0.2, 0.25) is 0 Å². The van der Waals surface area contributed by atoms with Crippen molar-refractivity contribution in [1.82, 2.24) is 5.32 Å². The summed E-state index contributed by atoms with van der Waals surface area (Å²) in [6.45, 7) is 10.1. The van der Waals surface area contributed by atoms with E-state index in [4.69, 9.17) is 4.74 Å². The number of amides is 1. The maximum absolute atomic E-state index is 13.6. The monoisotopic (exact) mass is 494 g/mol. The Kier molecular flexibility index (Phi) is 8.57. The molecular weight excluding hydrogens is 460 g/mol. The van der Waals surface area contributed by atoms with E-state index >= 15 is 0 Å². The summed E-state index contributed by atoms with van der Waals surface area (Å²) in [7, 11) is -3.96. The maximum Gasteiger partial charge on any atom is 0.264 e. The third-order valence-corrected chi connectivity index (χ3v) is 7.60. The lowest BCUT2D eigenvalue weighted by Crippen LogP contribution is -2.41. The average molecular weight is 495 g/mol. The Morgan fingerprint density at radius 3 is 2.00 bits per heavy atom. The second-order valence-electron chi connectivity index (χ2n) is 8.86. The highest BCUT2D eigenvalue weighted by atomic mass is 32.2. The third kappa shape index (κ3) is 6.63. The van der Waals surface area contributed by atoms with Gasteiger partial charge in [-0.25, -0.2) is 8.42 Å². The van der Waals surface area contributed by atoms with Gasteiger partial charge in [-0.1, -0.05) is 55.8 Å². The number of ether oxygens (including phenoxy) is 1. The minimum atomic E-state index is -3.96. The fourth-order valence-electron chi connectivity index (χ4n) is 3.70. The van der Waals surface area contributed by atoms with Crippen LogP contribution in [-0.2, 0) is 14.8 Å². The number of rotatable bonds is 10. The van der Waals surface area contributed by atoms with Crippen molar-refractivity contribution in [2.45, 2.75) is 51.5 Å². The van der Waals surface area contributed by atoms with Gasteiger partial charge < -0.3 is 10.1 Å². The van der Waals surface area contributed by atoms with E-state index in [2.05, 4.69) is 19.2 Å². The number of sulfonamides is 1. The van der Waals surface area contributed by atoms with Crippen molar-refractivity contribution in [3.8, 4) is 5.75 Å². The lowest BCUT2D eigenvalue weighted by atomic mass is 10.0. The summed E-state index contributed by atoms with van der Waals surface area (Å²) in [4.78, 5) is 13.2. The van der Waals surface area contributed by atoms with E-state index < -0.39 is 15.9 Å². The number of carbonyl (C=O) groups is 1. The van der Waals surface area contributed by atoms with Crippen molar-refractivity contribution < 1.29 is 17.9 Å². The molecule has 0 aliphatic heterocycles. The van der Waals surface area contributed by atoms with Gasteiger partial charge in [0.05, 0.1) is 23.2 Å². The van der Waals surface area contributed by atoms with Gasteiger partial charge in [-0.05, 0) is 74.2 Å². The average Bonchev–Trinajstić information content (AvgIpc) is 2.83. The number of hydrogen-bond acceptors (Lipinski definition) is 4. The lowest BCUT2D eigenvalue weighted by Gasteiger charge is -2.25. The second kappa shape index (κ2) is 11.4. The van der Waals surface area contributed by atoms with Crippen molar-refractivity contribution in [2.75, 3.05) is 17.5 Å². The van der Waals surface area contributed by atoms with Crippen LogP contribution in [-0.4, -0.2) is 27.5 Å². The molecule has 0 saturated carbocycles. The van der Waals surface area contributed by atoms with Crippen molar-refractivity contribution in [1.29, 1.82) is 0 Å². The molecule has 6 nitrogen and oxygen atoms in total. The topological polar surface area (TPSA) is 75.7 Å². The molecule has 186 valence electrons. The first-order valence-electron chi connectivity index (χ1n) is 11.8. The Morgan fingerprint density at radius 2 is 1.46 bits per heavy atom. The molecular formula is C28H34N2O4S. The van der Waals surface area contributed by atoms with E-state index in [-0.39, 0.29) is 17.5 Å². The van der Waals surface area contributed by atoms with Crippen LogP contribution < -0.4 is 14.4 Å². The minimum absolute atomic E-state index is 0.142. The highest BCUT2D eigenvalue weighted by molar-refractivity contribution is 7.92. The zero-order chi connectivity index (χ0) is 25.6. The van der Waals surface area contributed by atoms with E-state index in [0.717, 1.165) is 22.4 Å². The van der Waals surface area contributed by atoms with Crippen LogP contribution in [0.15, 0.2) is 77.7 Å². The molecule has 1 N–H and O–H groups in total. The number of nitrogens with zero attached hydrogens (tertiary/aromatic N) is 1. The van der Waals surface area contributed by atoms with Crippen LogP contribution in [0.5, 0.6) is 5.75 Å². The van der Waals surface area contributed by atoms with Gasteiger partial charge in [0.1, 0.15) is 12.3 Å². The van der Waals surface area contributed by atoms with Crippen molar-refractivity contribution in [2.24, 2.45) is 0 Å². The Hall–Kier alpha value is -3.32. The molecule has 0 bridgehead atoms. The summed E-state index contributed by atoms with van der Waals surface area (Å²) in [5.74, 6) is 0.675. The number of nitrogens with one attached hydrogen (secondary N) is 1. The molecule has 0 heterocycles. The molecule has 1 unspecified atom stereocenters. The summed E-state index contributed by atoms with van der Waals surface area (Å²) in [6.07, 6.45) is 0. The highest BCUT2D eigenvalue weighted by Gasteiger charge is 2.28. The molecule has 3 aromatic carbocycles. The second-order valence-corrected chi connectivity index (χ2v) is 10.7. The van der Waals surface area contributed by atoms with E-state index in [1.54, 1.807) is 36.4 Å². The van der Waals surface area contributed by atoms with Gasteiger partial charge in [0.25, 0.3) is 10.0 Å². The molecule has 1 amide bonds. The number of carbonyl (C=O) groups excluding carboxylic acids is 1. The molecule has 3 rings (SSSR count). The number of hydrogen-bond donors (Lipinski definition) is 1. The Morgan fingerprint density at radius 1 is 0.886 bits per heavy atom. The molecule has 3 aromatic rings. The van der Waals surface area contributed by atoms with Crippen LogP contribution in [0.3, 0.4) is 0 Å². The molecule has 35 heavy (non-hydrogen) atoms. The van der Waals surface area contributed by atoms with Crippen LogP contribution in [0, 0.1) is 6.92 Å². The number of aryl methyl sites for hydroxylation is 1. The van der Waals surface area contributed by atoms with E-state index in [0.29, 0.717) is 18.2 Å². The largest absolute Gasteiger partial charge is 0.494 e. The van der Waals surface area contributed by atoms with Gasteiger partial charge in [-0.15, -0.1) is 0 Å². The van der Waals surface area contributed by atoms with E-state index in [1.807, 2.05) is 57.2 Å². The van der Waals surface area contributed by atoms with Crippen LogP contribution >= 0.6 is 0 Å². The molecule has 0 spiro atoms. The van der Waals surface area contributed by atoms with Crippen LogP contribution in [0.4, 0.5) is 5.69 Å². The molecule has 7 heteroatoms. The van der Waals surface area contributed by atoms with Gasteiger partial charge in [-0.2, -0.15) is 0 Å². The predicted octanol–water partition coefficient (Wildman–Crippen LogP) is 5.59. The quantitative estimate of drug-likeness (QED) is 0.399. The maximum atomic E-state index is 13.6. The summed E-state index contributed by atoms with van der Waals surface area (Å²) in [5, 5.41) is 2.92. The molecule has 0 aliphatic rings. The smallest absolute Gasteiger partial charge is 0.264 e. The Balaban J connectivity index is 1.85. The Bertz CT molecular complexity index is 1220. The Labute approximate surface area is 209 Å². The fourth-order valence-corrected chi connectivity index (χ4v) is 5.12. The zero-order valence-electron chi connectivity index (χ0n) is 21.0. The zero-order valence-corrected chi connectivity index (χ0v) is 21.8. The minimum Gasteiger partial charge on any atom is -0.494 e. The van der Waals surface area contributed by atoms with Gasteiger partial charge in [0, 0.05) is 0 Å². The SMILES string of the molecule is CCOc1ccc(C(C)NC(=O)CN(c2ccc(C(C)C)cc2)S(=O)(=O)c2ccc(C)cc2)cc1.